The Balaban J connectivity index is 2.00. The molecular formula is C15H12N2S. The number of hydrogen-bond acceptors (Lipinski definition) is 3. The highest BCUT2D eigenvalue weighted by Gasteiger charge is 2.29. The lowest BCUT2D eigenvalue weighted by Crippen LogP contribution is -2.10. The zero-order valence-corrected chi connectivity index (χ0v) is 10.6. The van der Waals surface area contributed by atoms with Crippen LogP contribution in [0.5, 0.6) is 0 Å². The van der Waals surface area contributed by atoms with Crippen molar-refractivity contribution >= 4 is 24.6 Å². The van der Waals surface area contributed by atoms with Crippen LogP contribution >= 0.6 is 12.6 Å². The summed E-state index contributed by atoms with van der Waals surface area (Å²) in [5.41, 5.74) is 2.91. The van der Waals surface area contributed by atoms with Crippen LogP contribution in [0.25, 0.3) is 0 Å². The van der Waals surface area contributed by atoms with Gasteiger partial charge in [-0.25, -0.2) is 9.98 Å². The van der Waals surface area contributed by atoms with Gasteiger partial charge in [-0.3, -0.25) is 0 Å². The zero-order valence-electron chi connectivity index (χ0n) is 9.69. The first kappa shape index (κ1) is 11.2. The molecule has 2 aromatic carbocycles. The van der Waals surface area contributed by atoms with E-state index in [2.05, 4.69) is 22.6 Å². The Morgan fingerprint density at radius 2 is 1.44 bits per heavy atom. The number of thiol groups is 1. The second-order valence-corrected chi connectivity index (χ2v) is 4.75. The molecule has 1 heterocycles. The third-order valence-corrected chi connectivity index (χ3v) is 3.35. The summed E-state index contributed by atoms with van der Waals surface area (Å²) < 4.78 is 0. The summed E-state index contributed by atoms with van der Waals surface area (Å²) in [6.07, 6.45) is 1.79. The van der Waals surface area contributed by atoms with E-state index in [0.29, 0.717) is 0 Å². The van der Waals surface area contributed by atoms with Gasteiger partial charge < -0.3 is 0 Å². The van der Waals surface area contributed by atoms with E-state index in [1.165, 1.54) is 0 Å². The maximum absolute atomic E-state index is 4.62. The molecule has 1 aliphatic rings. The van der Waals surface area contributed by atoms with Gasteiger partial charge in [0, 0.05) is 11.1 Å². The lowest BCUT2D eigenvalue weighted by Gasteiger charge is -2.16. The van der Waals surface area contributed by atoms with Gasteiger partial charge in [-0.05, 0) is 0 Å². The van der Waals surface area contributed by atoms with E-state index in [0.717, 1.165) is 16.8 Å². The first-order valence-electron chi connectivity index (χ1n) is 5.76. The Morgan fingerprint density at radius 1 is 0.833 bits per heavy atom. The SMILES string of the molecule is SC1(c2ccccc2)N=CC(c2ccccc2)=N1. The molecule has 0 fully saturated rings. The average molecular weight is 252 g/mol. The standard InChI is InChI=1S/C15H12N2S/c18-15(13-9-5-2-6-10-13)16-11-14(17-15)12-7-3-1-4-8-12/h1-11,18H. The molecule has 3 heteroatoms. The number of rotatable bonds is 2. The smallest absolute Gasteiger partial charge is 0.221 e. The fourth-order valence-electron chi connectivity index (χ4n) is 1.93. The highest BCUT2D eigenvalue weighted by atomic mass is 32.1. The molecule has 88 valence electrons. The molecule has 0 saturated heterocycles. The van der Waals surface area contributed by atoms with Crippen LogP contribution in [0.15, 0.2) is 70.6 Å². The number of hydrogen-bond donors (Lipinski definition) is 1. The molecule has 0 aliphatic carbocycles. The van der Waals surface area contributed by atoms with Crippen molar-refractivity contribution < 1.29 is 0 Å². The molecule has 0 aromatic heterocycles. The Morgan fingerprint density at radius 3 is 2.11 bits per heavy atom. The lowest BCUT2D eigenvalue weighted by molar-refractivity contribution is 0.729. The minimum atomic E-state index is -0.785. The normalized spacial score (nSPS) is 21.9. The summed E-state index contributed by atoms with van der Waals surface area (Å²) >= 11 is 4.59. The molecular weight excluding hydrogens is 240 g/mol. The number of benzene rings is 2. The van der Waals surface area contributed by atoms with Gasteiger partial charge in [0.15, 0.2) is 0 Å². The van der Waals surface area contributed by atoms with E-state index in [1.807, 2.05) is 60.7 Å². The van der Waals surface area contributed by atoms with E-state index in [4.69, 9.17) is 0 Å². The van der Waals surface area contributed by atoms with Crippen molar-refractivity contribution in [2.45, 2.75) is 4.99 Å². The summed E-state index contributed by atoms with van der Waals surface area (Å²) in [5, 5.41) is 0. The van der Waals surface area contributed by atoms with Crippen molar-refractivity contribution in [1.29, 1.82) is 0 Å². The van der Waals surface area contributed by atoms with Crippen molar-refractivity contribution in [3.63, 3.8) is 0 Å². The van der Waals surface area contributed by atoms with Gasteiger partial charge in [0.25, 0.3) is 0 Å². The fraction of sp³-hybridized carbons (Fsp3) is 0.0667. The van der Waals surface area contributed by atoms with Crippen LogP contribution in [0.3, 0.4) is 0 Å². The van der Waals surface area contributed by atoms with Crippen LogP contribution < -0.4 is 0 Å². The van der Waals surface area contributed by atoms with Gasteiger partial charge in [0.2, 0.25) is 4.99 Å². The molecule has 1 unspecified atom stereocenters. The van der Waals surface area contributed by atoms with E-state index in [1.54, 1.807) is 6.21 Å². The molecule has 1 aliphatic heterocycles. The summed E-state index contributed by atoms with van der Waals surface area (Å²) in [4.78, 5) is 8.27. The molecule has 2 aromatic rings. The second-order valence-electron chi connectivity index (χ2n) is 4.12. The summed E-state index contributed by atoms with van der Waals surface area (Å²) in [5.74, 6) is 0. The van der Waals surface area contributed by atoms with Crippen LogP contribution in [-0.4, -0.2) is 11.9 Å². The third kappa shape index (κ3) is 1.97. The largest absolute Gasteiger partial charge is 0.247 e. The van der Waals surface area contributed by atoms with Crippen molar-refractivity contribution in [3.05, 3.63) is 71.8 Å². The molecule has 18 heavy (non-hydrogen) atoms. The van der Waals surface area contributed by atoms with Crippen LogP contribution in [0.1, 0.15) is 11.1 Å². The predicted octanol–water partition coefficient (Wildman–Crippen LogP) is 3.30. The maximum atomic E-state index is 4.62. The highest BCUT2D eigenvalue weighted by molar-refractivity contribution is 7.81. The van der Waals surface area contributed by atoms with Crippen LogP contribution in [0, 0.1) is 0 Å². The minimum Gasteiger partial charge on any atom is -0.247 e. The Bertz CT molecular complexity index is 605. The minimum absolute atomic E-state index is 0.785. The lowest BCUT2D eigenvalue weighted by atomic mass is 10.1. The molecule has 0 bridgehead atoms. The maximum Gasteiger partial charge on any atom is 0.221 e. The van der Waals surface area contributed by atoms with Crippen molar-refractivity contribution in [1.82, 2.24) is 0 Å². The topological polar surface area (TPSA) is 24.7 Å². The zero-order chi connectivity index (χ0) is 12.4. The van der Waals surface area contributed by atoms with Gasteiger partial charge in [-0.1, -0.05) is 60.7 Å². The average Bonchev–Trinajstić information content (AvgIpc) is 2.85. The van der Waals surface area contributed by atoms with Gasteiger partial charge in [0.05, 0.1) is 11.9 Å². The van der Waals surface area contributed by atoms with Crippen molar-refractivity contribution in [2.24, 2.45) is 9.98 Å². The van der Waals surface area contributed by atoms with Crippen LogP contribution in [0.4, 0.5) is 0 Å². The van der Waals surface area contributed by atoms with Gasteiger partial charge >= 0.3 is 0 Å². The third-order valence-electron chi connectivity index (χ3n) is 2.87. The Labute approximate surface area is 112 Å². The predicted molar refractivity (Wildman–Crippen MR) is 78.6 cm³/mol. The molecule has 0 radical (unpaired) electrons. The molecule has 0 spiro atoms. The highest BCUT2D eigenvalue weighted by Crippen LogP contribution is 2.34. The summed E-state index contributed by atoms with van der Waals surface area (Å²) in [7, 11) is 0. The van der Waals surface area contributed by atoms with Gasteiger partial charge in [-0.2, -0.15) is 0 Å². The summed E-state index contributed by atoms with van der Waals surface area (Å²) in [6.45, 7) is 0. The molecule has 0 saturated carbocycles. The molecule has 3 rings (SSSR count). The van der Waals surface area contributed by atoms with Gasteiger partial charge in [0.1, 0.15) is 0 Å². The Kier molecular flexibility index (Phi) is 2.76. The first-order valence-corrected chi connectivity index (χ1v) is 6.21. The van der Waals surface area contributed by atoms with Gasteiger partial charge in [-0.15, -0.1) is 12.6 Å². The van der Waals surface area contributed by atoms with Crippen LogP contribution in [0.2, 0.25) is 0 Å². The van der Waals surface area contributed by atoms with Crippen LogP contribution in [-0.2, 0) is 4.99 Å². The quantitative estimate of drug-likeness (QED) is 0.793. The van der Waals surface area contributed by atoms with Crippen molar-refractivity contribution in [2.75, 3.05) is 0 Å². The second kappa shape index (κ2) is 4.42. The van der Waals surface area contributed by atoms with E-state index >= 15 is 0 Å². The Hall–Kier alpha value is -1.87. The van der Waals surface area contributed by atoms with E-state index in [9.17, 15) is 0 Å². The monoisotopic (exact) mass is 252 g/mol. The summed E-state index contributed by atoms with van der Waals surface area (Å²) in [6, 6.07) is 19.9. The van der Waals surface area contributed by atoms with Crippen molar-refractivity contribution in [3.8, 4) is 0 Å². The molecule has 1 atom stereocenters. The fourth-order valence-corrected chi connectivity index (χ4v) is 2.24. The number of aliphatic imine (C=N–C) groups is 2. The molecule has 2 nitrogen and oxygen atoms in total. The van der Waals surface area contributed by atoms with E-state index < -0.39 is 4.99 Å². The molecule has 0 N–H and O–H groups in total. The molecule has 0 amide bonds. The first-order chi connectivity index (χ1) is 8.78. The number of nitrogens with zero attached hydrogens (tertiary/aromatic N) is 2. The van der Waals surface area contributed by atoms with E-state index in [-0.39, 0.29) is 0 Å².